The SMILES string of the molecule is CN(CCc1ccccc1)C(=O)c1ccnc(CN)c1. The largest absolute Gasteiger partial charge is 0.341 e. The van der Waals surface area contributed by atoms with Crippen LogP contribution in [0.25, 0.3) is 0 Å². The fraction of sp³-hybridized carbons (Fsp3) is 0.250. The summed E-state index contributed by atoms with van der Waals surface area (Å²) in [6.45, 7) is 1.03. The molecule has 4 nitrogen and oxygen atoms in total. The Balaban J connectivity index is 1.98. The minimum atomic E-state index is -0.00182. The molecule has 2 aromatic rings. The highest BCUT2D eigenvalue weighted by Crippen LogP contribution is 2.07. The molecule has 2 N–H and O–H groups in total. The molecule has 2 rings (SSSR count). The van der Waals surface area contributed by atoms with Gasteiger partial charge in [-0.2, -0.15) is 0 Å². The van der Waals surface area contributed by atoms with Crippen molar-refractivity contribution in [1.82, 2.24) is 9.88 Å². The third-order valence-corrected chi connectivity index (χ3v) is 3.20. The molecule has 0 unspecified atom stereocenters. The summed E-state index contributed by atoms with van der Waals surface area (Å²) in [4.78, 5) is 18.1. The molecule has 1 amide bonds. The van der Waals surface area contributed by atoms with Gasteiger partial charge in [0.1, 0.15) is 0 Å². The molecule has 0 aliphatic rings. The van der Waals surface area contributed by atoms with Crippen LogP contribution in [0.1, 0.15) is 21.6 Å². The molecule has 0 spiro atoms. The number of aromatic nitrogens is 1. The number of likely N-dealkylation sites (N-methyl/N-ethyl adjacent to an activating group) is 1. The lowest BCUT2D eigenvalue weighted by molar-refractivity contribution is 0.0796. The number of hydrogen-bond acceptors (Lipinski definition) is 3. The molecular formula is C16H19N3O. The fourth-order valence-electron chi connectivity index (χ4n) is 1.99. The van der Waals surface area contributed by atoms with Crippen LogP contribution in [0.5, 0.6) is 0 Å². The number of benzene rings is 1. The van der Waals surface area contributed by atoms with E-state index in [0.29, 0.717) is 18.7 Å². The average Bonchev–Trinajstić information content (AvgIpc) is 2.53. The Hall–Kier alpha value is -2.20. The van der Waals surface area contributed by atoms with Crippen LogP contribution in [0.2, 0.25) is 0 Å². The highest BCUT2D eigenvalue weighted by Gasteiger charge is 2.12. The highest BCUT2D eigenvalue weighted by atomic mass is 16.2. The van der Waals surface area contributed by atoms with Crippen LogP contribution >= 0.6 is 0 Å². The van der Waals surface area contributed by atoms with Crippen LogP contribution in [0, 0.1) is 0 Å². The molecule has 4 heteroatoms. The maximum absolute atomic E-state index is 12.3. The van der Waals surface area contributed by atoms with Crippen molar-refractivity contribution < 1.29 is 4.79 Å². The molecule has 0 aliphatic carbocycles. The van der Waals surface area contributed by atoms with E-state index in [2.05, 4.69) is 17.1 Å². The second-order valence-electron chi connectivity index (χ2n) is 4.70. The molecule has 104 valence electrons. The van der Waals surface area contributed by atoms with E-state index in [1.54, 1.807) is 23.2 Å². The van der Waals surface area contributed by atoms with Crippen molar-refractivity contribution in [1.29, 1.82) is 0 Å². The molecule has 0 bridgehead atoms. The summed E-state index contributed by atoms with van der Waals surface area (Å²) in [5, 5.41) is 0. The smallest absolute Gasteiger partial charge is 0.253 e. The topological polar surface area (TPSA) is 59.2 Å². The number of nitrogens with two attached hydrogens (primary N) is 1. The first-order valence-electron chi connectivity index (χ1n) is 6.65. The Morgan fingerprint density at radius 2 is 2.00 bits per heavy atom. The summed E-state index contributed by atoms with van der Waals surface area (Å²) in [6, 6.07) is 13.6. The highest BCUT2D eigenvalue weighted by molar-refractivity contribution is 5.94. The van der Waals surface area contributed by atoms with Crippen LogP contribution < -0.4 is 5.73 Å². The predicted octanol–water partition coefficient (Wildman–Crippen LogP) is 1.85. The van der Waals surface area contributed by atoms with Gasteiger partial charge in [-0.05, 0) is 24.1 Å². The molecule has 1 aromatic heterocycles. The summed E-state index contributed by atoms with van der Waals surface area (Å²) < 4.78 is 0. The summed E-state index contributed by atoms with van der Waals surface area (Å²) in [7, 11) is 1.81. The van der Waals surface area contributed by atoms with Gasteiger partial charge in [0, 0.05) is 31.9 Å². The fourth-order valence-corrected chi connectivity index (χ4v) is 1.99. The molecule has 0 radical (unpaired) electrons. The van der Waals surface area contributed by atoms with Gasteiger partial charge >= 0.3 is 0 Å². The van der Waals surface area contributed by atoms with Crippen LogP contribution in [0.15, 0.2) is 48.7 Å². The van der Waals surface area contributed by atoms with Crippen LogP contribution in [0.3, 0.4) is 0 Å². The van der Waals surface area contributed by atoms with E-state index in [1.807, 2.05) is 25.2 Å². The third kappa shape index (κ3) is 3.65. The molecule has 1 heterocycles. The molecular weight excluding hydrogens is 250 g/mol. The summed E-state index contributed by atoms with van der Waals surface area (Å²) in [5.41, 5.74) is 8.13. The Kier molecular flexibility index (Phi) is 4.85. The molecule has 0 atom stereocenters. The van der Waals surface area contributed by atoms with E-state index in [0.717, 1.165) is 12.1 Å². The Morgan fingerprint density at radius 3 is 2.70 bits per heavy atom. The number of carbonyl (C=O) groups excluding carboxylic acids is 1. The number of hydrogen-bond donors (Lipinski definition) is 1. The molecule has 0 saturated carbocycles. The van der Waals surface area contributed by atoms with Crippen molar-refractivity contribution in [3.05, 3.63) is 65.5 Å². The lowest BCUT2D eigenvalue weighted by Gasteiger charge is -2.17. The zero-order chi connectivity index (χ0) is 14.4. The van der Waals surface area contributed by atoms with Crippen molar-refractivity contribution in [2.45, 2.75) is 13.0 Å². The standard InChI is InChI=1S/C16H19N3O/c1-19(10-8-13-5-3-2-4-6-13)16(20)14-7-9-18-15(11-14)12-17/h2-7,9,11H,8,10,12,17H2,1H3. The minimum Gasteiger partial charge on any atom is -0.341 e. The predicted molar refractivity (Wildman–Crippen MR) is 79.2 cm³/mol. The van der Waals surface area contributed by atoms with Gasteiger partial charge in [-0.15, -0.1) is 0 Å². The summed E-state index contributed by atoms with van der Waals surface area (Å²) >= 11 is 0. The van der Waals surface area contributed by atoms with E-state index < -0.39 is 0 Å². The Bertz CT molecular complexity index is 569. The number of rotatable bonds is 5. The first-order valence-corrected chi connectivity index (χ1v) is 6.65. The average molecular weight is 269 g/mol. The van der Waals surface area contributed by atoms with Crippen LogP contribution in [-0.2, 0) is 13.0 Å². The van der Waals surface area contributed by atoms with E-state index in [-0.39, 0.29) is 5.91 Å². The molecule has 0 fully saturated rings. The number of pyridine rings is 1. The van der Waals surface area contributed by atoms with Gasteiger partial charge in [0.25, 0.3) is 5.91 Å². The first-order chi connectivity index (χ1) is 9.70. The van der Waals surface area contributed by atoms with E-state index in [4.69, 9.17) is 5.73 Å². The third-order valence-electron chi connectivity index (χ3n) is 3.20. The summed E-state index contributed by atoms with van der Waals surface area (Å²) in [6.07, 6.45) is 2.47. The van der Waals surface area contributed by atoms with Crippen molar-refractivity contribution in [2.24, 2.45) is 5.73 Å². The molecule has 0 aliphatic heterocycles. The number of amides is 1. The molecule has 20 heavy (non-hydrogen) atoms. The maximum atomic E-state index is 12.3. The first kappa shape index (κ1) is 14.2. The van der Waals surface area contributed by atoms with Crippen molar-refractivity contribution >= 4 is 5.91 Å². The van der Waals surface area contributed by atoms with Gasteiger partial charge in [-0.3, -0.25) is 9.78 Å². The van der Waals surface area contributed by atoms with Crippen molar-refractivity contribution in [3.8, 4) is 0 Å². The molecule has 1 aromatic carbocycles. The van der Waals surface area contributed by atoms with Crippen LogP contribution in [-0.4, -0.2) is 29.4 Å². The molecule has 0 saturated heterocycles. The number of carbonyl (C=O) groups is 1. The zero-order valence-corrected chi connectivity index (χ0v) is 11.6. The Labute approximate surface area is 119 Å². The number of nitrogens with zero attached hydrogens (tertiary/aromatic N) is 2. The van der Waals surface area contributed by atoms with Crippen LogP contribution in [0.4, 0.5) is 0 Å². The van der Waals surface area contributed by atoms with E-state index in [1.165, 1.54) is 5.56 Å². The van der Waals surface area contributed by atoms with E-state index in [9.17, 15) is 4.79 Å². The van der Waals surface area contributed by atoms with Gasteiger partial charge < -0.3 is 10.6 Å². The second kappa shape index (κ2) is 6.82. The van der Waals surface area contributed by atoms with Gasteiger partial charge in [-0.1, -0.05) is 30.3 Å². The maximum Gasteiger partial charge on any atom is 0.253 e. The van der Waals surface area contributed by atoms with Gasteiger partial charge in [0.2, 0.25) is 0 Å². The van der Waals surface area contributed by atoms with Crippen molar-refractivity contribution in [2.75, 3.05) is 13.6 Å². The second-order valence-corrected chi connectivity index (χ2v) is 4.70. The lowest BCUT2D eigenvalue weighted by atomic mass is 10.1. The minimum absolute atomic E-state index is 0.00182. The zero-order valence-electron chi connectivity index (χ0n) is 11.6. The van der Waals surface area contributed by atoms with Crippen molar-refractivity contribution in [3.63, 3.8) is 0 Å². The van der Waals surface area contributed by atoms with Gasteiger partial charge in [0.05, 0.1) is 5.69 Å². The normalized spacial score (nSPS) is 10.3. The lowest BCUT2D eigenvalue weighted by Crippen LogP contribution is -2.29. The summed E-state index contributed by atoms with van der Waals surface area (Å²) in [5.74, 6) is -0.00182. The van der Waals surface area contributed by atoms with E-state index >= 15 is 0 Å². The van der Waals surface area contributed by atoms with Gasteiger partial charge in [0.15, 0.2) is 0 Å². The Morgan fingerprint density at radius 1 is 1.25 bits per heavy atom. The monoisotopic (exact) mass is 269 g/mol. The quantitative estimate of drug-likeness (QED) is 0.901. The van der Waals surface area contributed by atoms with Gasteiger partial charge in [-0.25, -0.2) is 0 Å².